The quantitative estimate of drug-likeness (QED) is 0.605. The molecule has 0 aliphatic carbocycles. The Morgan fingerprint density at radius 2 is 2.29 bits per heavy atom. The van der Waals surface area contributed by atoms with Crippen molar-refractivity contribution in [3.8, 4) is 11.3 Å². The molecule has 0 spiro atoms. The zero-order chi connectivity index (χ0) is 9.38. The Kier molecular flexibility index (Phi) is 1.61. The van der Waals surface area contributed by atoms with Crippen molar-refractivity contribution in [2.75, 3.05) is 0 Å². The number of rotatable bonds is 1. The maximum Gasteiger partial charge on any atom is 0.154 e. The Morgan fingerprint density at radius 3 is 3.14 bits per heavy atom. The minimum atomic E-state index is 0.883. The third-order valence-corrected chi connectivity index (χ3v) is 2.78. The minimum absolute atomic E-state index is 0.883. The highest BCUT2D eigenvalue weighted by molar-refractivity contribution is 7.08. The van der Waals surface area contributed by atoms with Gasteiger partial charge in [-0.15, -0.1) is 0 Å². The van der Waals surface area contributed by atoms with E-state index in [2.05, 4.69) is 26.9 Å². The third kappa shape index (κ3) is 1.04. The van der Waals surface area contributed by atoms with Gasteiger partial charge in [-0.2, -0.15) is 16.4 Å². The highest BCUT2D eigenvalue weighted by Crippen LogP contribution is 2.21. The Balaban J connectivity index is 2.33. The van der Waals surface area contributed by atoms with Crippen LogP contribution < -0.4 is 0 Å². The van der Waals surface area contributed by atoms with E-state index in [0.29, 0.717) is 0 Å². The average Bonchev–Trinajstić information content (AvgIpc) is 2.85. The smallest absolute Gasteiger partial charge is 0.154 e. The molecule has 0 bridgehead atoms. The molecule has 68 valence electrons. The van der Waals surface area contributed by atoms with Crippen LogP contribution in [0.15, 0.2) is 41.4 Å². The van der Waals surface area contributed by atoms with Crippen LogP contribution in [0.2, 0.25) is 0 Å². The second-order valence-electron chi connectivity index (χ2n) is 2.95. The molecule has 0 fully saturated rings. The van der Waals surface area contributed by atoms with E-state index in [9.17, 15) is 0 Å². The van der Waals surface area contributed by atoms with Gasteiger partial charge in [0.15, 0.2) is 5.65 Å². The molecule has 0 saturated carbocycles. The van der Waals surface area contributed by atoms with Crippen molar-refractivity contribution in [2.45, 2.75) is 0 Å². The maximum absolute atomic E-state index is 4.28. The van der Waals surface area contributed by atoms with Crippen LogP contribution in [0.25, 0.3) is 16.9 Å². The standard InChI is InChI=1S/C10H7N3S/c1-2-10-11-6-9(13(10)12-4-1)8-3-5-14-7-8/h1-7H. The number of hydrogen-bond donors (Lipinski definition) is 0. The van der Waals surface area contributed by atoms with E-state index in [1.807, 2.05) is 22.8 Å². The van der Waals surface area contributed by atoms with Crippen molar-refractivity contribution < 1.29 is 0 Å². The van der Waals surface area contributed by atoms with Gasteiger partial charge >= 0.3 is 0 Å². The van der Waals surface area contributed by atoms with Crippen LogP contribution in [-0.2, 0) is 0 Å². The molecule has 0 atom stereocenters. The molecule has 0 aliphatic rings. The van der Waals surface area contributed by atoms with E-state index in [-0.39, 0.29) is 0 Å². The zero-order valence-electron chi connectivity index (χ0n) is 7.29. The molecule has 0 amide bonds. The Bertz CT molecular complexity index is 554. The minimum Gasteiger partial charge on any atom is -0.235 e. The monoisotopic (exact) mass is 201 g/mol. The SMILES string of the molecule is c1cnn2c(-c3ccsc3)cnc2c1. The van der Waals surface area contributed by atoms with Gasteiger partial charge in [-0.3, -0.25) is 0 Å². The van der Waals surface area contributed by atoms with E-state index in [4.69, 9.17) is 0 Å². The van der Waals surface area contributed by atoms with Crippen LogP contribution in [0.1, 0.15) is 0 Å². The molecular weight excluding hydrogens is 194 g/mol. The molecule has 4 heteroatoms. The summed E-state index contributed by atoms with van der Waals surface area (Å²) in [6.45, 7) is 0. The molecule has 0 aromatic carbocycles. The lowest BCUT2D eigenvalue weighted by Crippen LogP contribution is -1.91. The molecule has 0 unspecified atom stereocenters. The van der Waals surface area contributed by atoms with Gasteiger partial charge in [0.2, 0.25) is 0 Å². The number of nitrogens with zero attached hydrogens (tertiary/aromatic N) is 3. The summed E-state index contributed by atoms with van der Waals surface area (Å²) in [5.41, 5.74) is 3.09. The van der Waals surface area contributed by atoms with Gasteiger partial charge in [0.25, 0.3) is 0 Å². The van der Waals surface area contributed by atoms with Crippen molar-refractivity contribution in [3.05, 3.63) is 41.4 Å². The number of aromatic nitrogens is 3. The Labute approximate surface area is 84.7 Å². The zero-order valence-corrected chi connectivity index (χ0v) is 8.11. The molecule has 0 radical (unpaired) electrons. The lowest BCUT2D eigenvalue weighted by atomic mass is 10.3. The van der Waals surface area contributed by atoms with Crippen molar-refractivity contribution >= 4 is 17.0 Å². The summed E-state index contributed by atoms with van der Waals surface area (Å²) >= 11 is 1.68. The lowest BCUT2D eigenvalue weighted by molar-refractivity contribution is 0.943. The van der Waals surface area contributed by atoms with Crippen LogP contribution >= 0.6 is 11.3 Å². The highest BCUT2D eigenvalue weighted by atomic mass is 32.1. The van der Waals surface area contributed by atoms with Crippen LogP contribution in [0, 0.1) is 0 Å². The normalized spacial score (nSPS) is 10.9. The topological polar surface area (TPSA) is 30.2 Å². The van der Waals surface area contributed by atoms with Crippen LogP contribution in [0.4, 0.5) is 0 Å². The fraction of sp³-hybridized carbons (Fsp3) is 0. The first kappa shape index (κ1) is 7.70. The van der Waals surface area contributed by atoms with Gasteiger partial charge in [-0.05, 0) is 23.6 Å². The first-order valence-corrected chi connectivity index (χ1v) is 5.21. The van der Waals surface area contributed by atoms with Crippen molar-refractivity contribution in [1.29, 1.82) is 0 Å². The van der Waals surface area contributed by atoms with Gasteiger partial charge < -0.3 is 0 Å². The summed E-state index contributed by atoms with van der Waals surface area (Å²) in [7, 11) is 0. The van der Waals surface area contributed by atoms with E-state index in [1.165, 1.54) is 5.56 Å². The van der Waals surface area contributed by atoms with Gasteiger partial charge in [0, 0.05) is 17.1 Å². The van der Waals surface area contributed by atoms with Gasteiger partial charge in [0.1, 0.15) is 0 Å². The van der Waals surface area contributed by atoms with Gasteiger partial charge in [-0.25, -0.2) is 9.50 Å². The van der Waals surface area contributed by atoms with Crippen LogP contribution in [0.3, 0.4) is 0 Å². The summed E-state index contributed by atoms with van der Waals surface area (Å²) in [6.07, 6.45) is 3.62. The molecule has 3 aromatic rings. The summed E-state index contributed by atoms with van der Waals surface area (Å²) in [5.74, 6) is 0. The van der Waals surface area contributed by atoms with Gasteiger partial charge in [-0.1, -0.05) is 0 Å². The molecule has 14 heavy (non-hydrogen) atoms. The van der Waals surface area contributed by atoms with E-state index >= 15 is 0 Å². The first-order chi connectivity index (χ1) is 6.95. The molecule has 3 nitrogen and oxygen atoms in total. The van der Waals surface area contributed by atoms with Crippen LogP contribution in [0.5, 0.6) is 0 Å². The molecule has 3 aromatic heterocycles. The average molecular weight is 201 g/mol. The summed E-state index contributed by atoms with van der Waals surface area (Å²) < 4.78 is 1.85. The lowest BCUT2D eigenvalue weighted by Gasteiger charge is -1.95. The summed E-state index contributed by atoms with van der Waals surface area (Å²) in [5, 5.41) is 8.40. The summed E-state index contributed by atoms with van der Waals surface area (Å²) in [4.78, 5) is 4.28. The molecular formula is C10H7N3S. The van der Waals surface area contributed by atoms with Crippen molar-refractivity contribution in [1.82, 2.24) is 14.6 Å². The van der Waals surface area contributed by atoms with Crippen LogP contribution in [-0.4, -0.2) is 14.6 Å². The second-order valence-corrected chi connectivity index (χ2v) is 3.73. The predicted molar refractivity (Wildman–Crippen MR) is 56.3 cm³/mol. The van der Waals surface area contributed by atoms with E-state index in [1.54, 1.807) is 17.5 Å². The fourth-order valence-corrected chi connectivity index (χ4v) is 2.09. The number of fused-ring (bicyclic) bond motifs is 1. The van der Waals surface area contributed by atoms with E-state index in [0.717, 1.165) is 11.3 Å². The first-order valence-electron chi connectivity index (χ1n) is 4.26. The molecule has 0 saturated heterocycles. The van der Waals surface area contributed by atoms with Crippen molar-refractivity contribution in [3.63, 3.8) is 0 Å². The number of imidazole rings is 1. The van der Waals surface area contributed by atoms with Crippen molar-refractivity contribution in [2.24, 2.45) is 0 Å². The summed E-state index contributed by atoms with van der Waals surface area (Å²) in [6, 6.07) is 5.91. The fourth-order valence-electron chi connectivity index (χ4n) is 1.44. The number of thiophene rings is 1. The number of hydrogen-bond acceptors (Lipinski definition) is 3. The van der Waals surface area contributed by atoms with Gasteiger partial charge in [0.05, 0.1) is 11.9 Å². The largest absolute Gasteiger partial charge is 0.235 e. The van der Waals surface area contributed by atoms with E-state index < -0.39 is 0 Å². The predicted octanol–water partition coefficient (Wildman–Crippen LogP) is 2.46. The maximum atomic E-state index is 4.28. The molecule has 3 heterocycles. The molecule has 3 rings (SSSR count). The Hall–Kier alpha value is -1.68. The Morgan fingerprint density at radius 1 is 1.29 bits per heavy atom. The second kappa shape index (κ2) is 2.92. The molecule has 0 N–H and O–H groups in total. The highest BCUT2D eigenvalue weighted by Gasteiger charge is 2.05. The third-order valence-electron chi connectivity index (χ3n) is 2.09. The molecule has 0 aliphatic heterocycles.